The number of fused-ring (bicyclic) bond motifs is 5. The van der Waals surface area contributed by atoms with Gasteiger partial charge >= 0.3 is 0 Å². The summed E-state index contributed by atoms with van der Waals surface area (Å²) >= 11 is 1.50. The maximum Gasteiger partial charge on any atom is 0.271 e. The lowest BCUT2D eigenvalue weighted by Crippen LogP contribution is -2.47. The fraction of sp³-hybridized carbons (Fsp3) is 0.562. The minimum Gasteiger partial charge on any atom is -0.373 e. The third kappa shape index (κ3) is 2.14. The van der Waals surface area contributed by atoms with Crippen LogP contribution in [-0.2, 0) is 14.3 Å². The molecular formula is C16H18N2O4S. The molecule has 1 aromatic rings. The van der Waals surface area contributed by atoms with Crippen LogP contribution in [-0.4, -0.2) is 34.9 Å². The van der Waals surface area contributed by atoms with Crippen molar-refractivity contribution in [2.75, 3.05) is 0 Å². The van der Waals surface area contributed by atoms with Crippen molar-refractivity contribution in [3.05, 3.63) is 21.9 Å². The topological polar surface area (TPSA) is 75.7 Å². The van der Waals surface area contributed by atoms with E-state index in [-0.39, 0.29) is 24.0 Å². The van der Waals surface area contributed by atoms with Gasteiger partial charge in [0.1, 0.15) is 0 Å². The highest BCUT2D eigenvalue weighted by molar-refractivity contribution is 7.10. The number of carbonyl (C=O) groups excluding carboxylic acids is 3. The summed E-state index contributed by atoms with van der Waals surface area (Å²) in [5, 5.41) is 2.67. The van der Waals surface area contributed by atoms with Gasteiger partial charge < -0.3 is 4.74 Å². The highest BCUT2D eigenvalue weighted by atomic mass is 32.1. The first kappa shape index (κ1) is 14.8. The Labute approximate surface area is 137 Å². The summed E-state index contributed by atoms with van der Waals surface area (Å²) in [5.74, 6) is -1.59. The molecule has 3 aliphatic heterocycles. The lowest BCUT2D eigenvalue weighted by atomic mass is 9.81. The average molecular weight is 334 g/mol. The van der Waals surface area contributed by atoms with E-state index >= 15 is 0 Å². The maximum absolute atomic E-state index is 12.5. The summed E-state index contributed by atoms with van der Waals surface area (Å²) in [4.78, 5) is 38.4. The molecule has 4 heterocycles. The second-order valence-electron chi connectivity index (χ2n) is 6.69. The van der Waals surface area contributed by atoms with Gasteiger partial charge in [-0.3, -0.25) is 19.8 Å². The quantitative estimate of drug-likeness (QED) is 0.853. The SMILES string of the molecule is CC(C)c1cc(C(=O)NN2C(=O)[C@@H]3[C@H](C2=O)[C@@H]2CC[C@H]3O2)cs1. The molecule has 0 aliphatic carbocycles. The first-order chi connectivity index (χ1) is 11.0. The molecule has 0 aromatic carbocycles. The van der Waals surface area contributed by atoms with E-state index in [4.69, 9.17) is 4.74 Å². The van der Waals surface area contributed by atoms with Gasteiger partial charge in [0.25, 0.3) is 17.7 Å². The number of hydrazine groups is 1. The fourth-order valence-electron chi connectivity index (χ4n) is 3.76. The van der Waals surface area contributed by atoms with Crippen molar-refractivity contribution >= 4 is 29.1 Å². The predicted molar refractivity (Wildman–Crippen MR) is 82.6 cm³/mol. The van der Waals surface area contributed by atoms with E-state index in [0.717, 1.165) is 22.7 Å². The van der Waals surface area contributed by atoms with E-state index < -0.39 is 17.7 Å². The lowest BCUT2D eigenvalue weighted by Gasteiger charge is -2.17. The van der Waals surface area contributed by atoms with Crippen molar-refractivity contribution in [3.63, 3.8) is 0 Å². The lowest BCUT2D eigenvalue weighted by molar-refractivity contribution is -0.145. The van der Waals surface area contributed by atoms with Crippen LogP contribution in [0.25, 0.3) is 0 Å². The van der Waals surface area contributed by atoms with Gasteiger partial charge in [0, 0.05) is 10.3 Å². The van der Waals surface area contributed by atoms with Crippen LogP contribution in [0.4, 0.5) is 0 Å². The first-order valence-corrected chi connectivity index (χ1v) is 8.78. The van der Waals surface area contributed by atoms with E-state index in [2.05, 4.69) is 19.3 Å². The number of thiophene rings is 1. The van der Waals surface area contributed by atoms with Crippen molar-refractivity contribution in [2.24, 2.45) is 11.8 Å². The van der Waals surface area contributed by atoms with Gasteiger partial charge in [-0.05, 0) is 24.8 Å². The summed E-state index contributed by atoms with van der Waals surface area (Å²) in [6.07, 6.45) is 1.29. The van der Waals surface area contributed by atoms with E-state index in [1.54, 1.807) is 5.38 Å². The van der Waals surface area contributed by atoms with Crippen LogP contribution in [0.15, 0.2) is 11.4 Å². The molecule has 0 spiro atoms. The van der Waals surface area contributed by atoms with Gasteiger partial charge in [-0.15, -0.1) is 11.3 Å². The molecule has 1 N–H and O–H groups in total. The van der Waals surface area contributed by atoms with Gasteiger partial charge in [0.2, 0.25) is 0 Å². The molecule has 3 amide bonds. The Balaban J connectivity index is 1.51. The summed E-state index contributed by atoms with van der Waals surface area (Å²) in [7, 11) is 0. The number of amides is 3. The second kappa shape index (κ2) is 5.14. The van der Waals surface area contributed by atoms with E-state index in [1.165, 1.54) is 11.3 Å². The molecule has 0 unspecified atom stereocenters. The Morgan fingerprint density at radius 3 is 2.39 bits per heavy atom. The molecule has 4 atom stereocenters. The number of ether oxygens (including phenoxy) is 1. The van der Waals surface area contributed by atoms with Gasteiger partial charge in [0.15, 0.2) is 0 Å². The number of rotatable bonds is 3. The molecule has 122 valence electrons. The molecule has 23 heavy (non-hydrogen) atoms. The van der Waals surface area contributed by atoms with Crippen molar-refractivity contribution in [1.82, 2.24) is 10.4 Å². The Morgan fingerprint density at radius 2 is 1.87 bits per heavy atom. The Hall–Kier alpha value is -1.73. The van der Waals surface area contributed by atoms with Crippen LogP contribution in [0.1, 0.15) is 47.8 Å². The van der Waals surface area contributed by atoms with Crippen LogP contribution in [0.3, 0.4) is 0 Å². The summed E-state index contributed by atoms with van der Waals surface area (Å²) in [6, 6.07) is 1.81. The molecule has 3 aliphatic rings. The van der Waals surface area contributed by atoms with Crippen LogP contribution in [0, 0.1) is 11.8 Å². The Bertz CT molecular complexity index is 670. The van der Waals surface area contributed by atoms with E-state index in [1.807, 2.05) is 6.07 Å². The first-order valence-electron chi connectivity index (χ1n) is 7.90. The van der Waals surface area contributed by atoms with Gasteiger partial charge in [-0.25, -0.2) is 0 Å². The largest absolute Gasteiger partial charge is 0.373 e. The van der Waals surface area contributed by atoms with Gasteiger partial charge in [-0.1, -0.05) is 13.8 Å². The number of imide groups is 1. The number of carbonyl (C=O) groups is 3. The smallest absolute Gasteiger partial charge is 0.271 e. The number of hydrogen-bond acceptors (Lipinski definition) is 5. The number of nitrogens with zero attached hydrogens (tertiary/aromatic N) is 1. The summed E-state index contributed by atoms with van der Waals surface area (Å²) in [5.41, 5.74) is 2.97. The number of hydrogen-bond donors (Lipinski definition) is 1. The van der Waals surface area contributed by atoms with Gasteiger partial charge in [0.05, 0.1) is 29.6 Å². The van der Waals surface area contributed by atoms with Crippen molar-refractivity contribution in [3.8, 4) is 0 Å². The monoisotopic (exact) mass is 334 g/mol. The number of nitrogens with one attached hydrogen (secondary N) is 1. The zero-order valence-corrected chi connectivity index (χ0v) is 13.8. The molecule has 7 heteroatoms. The Kier molecular flexibility index (Phi) is 3.32. The fourth-order valence-corrected chi connectivity index (χ4v) is 4.67. The third-order valence-corrected chi connectivity index (χ3v) is 6.18. The normalized spacial score (nSPS) is 32.0. The molecule has 0 radical (unpaired) electrons. The minimum atomic E-state index is -0.421. The van der Waals surface area contributed by atoms with Crippen LogP contribution < -0.4 is 5.43 Å². The average Bonchev–Trinajstić information content (AvgIpc) is 3.26. The van der Waals surface area contributed by atoms with Crippen LogP contribution in [0.2, 0.25) is 0 Å². The molecule has 0 saturated carbocycles. The standard InChI is InChI=1S/C16H18N2O4S/c1-7(2)11-5-8(6-23-11)14(19)17-18-15(20)12-9-3-4-10(22-9)13(12)16(18)21/h5-7,9-10,12-13H,3-4H2,1-2H3,(H,17,19)/t9-,10+,12+,13-. The molecule has 2 bridgehead atoms. The second-order valence-corrected chi connectivity index (χ2v) is 7.63. The molecule has 3 fully saturated rings. The minimum absolute atomic E-state index is 0.169. The van der Waals surface area contributed by atoms with Crippen molar-refractivity contribution < 1.29 is 19.1 Å². The zero-order chi connectivity index (χ0) is 16.3. The van der Waals surface area contributed by atoms with E-state index in [0.29, 0.717) is 11.5 Å². The molecular weight excluding hydrogens is 316 g/mol. The van der Waals surface area contributed by atoms with E-state index in [9.17, 15) is 14.4 Å². The summed E-state index contributed by atoms with van der Waals surface area (Å²) in [6.45, 7) is 4.11. The zero-order valence-electron chi connectivity index (χ0n) is 12.9. The van der Waals surface area contributed by atoms with Crippen LogP contribution in [0.5, 0.6) is 0 Å². The van der Waals surface area contributed by atoms with Crippen LogP contribution >= 0.6 is 11.3 Å². The summed E-state index contributed by atoms with van der Waals surface area (Å²) < 4.78 is 5.67. The predicted octanol–water partition coefficient (Wildman–Crippen LogP) is 1.68. The van der Waals surface area contributed by atoms with Crippen molar-refractivity contribution in [2.45, 2.75) is 44.8 Å². The molecule has 6 nitrogen and oxygen atoms in total. The third-order valence-electron chi connectivity index (χ3n) is 4.95. The Morgan fingerprint density at radius 1 is 1.26 bits per heavy atom. The maximum atomic E-state index is 12.5. The van der Waals surface area contributed by atoms with Crippen molar-refractivity contribution in [1.29, 1.82) is 0 Å². The molecule has 4 rings (SSSR count). The molecule has 1 aromatic heterocycles. The highest BCUT2D eigenvalue weighted by Crippen LogP contribution is 2.48. The van der Waals surface area contributed by atoms with Gasteiger partial charge in [-0.2, -0.15) is 5.01 Å². The molecule has 3 saturated heterocycles. The highest BCUT2D eigenvalue weighted by Gasteiger charge is 2.62.